The first-order valence-corrected chi connectivity index (χ1v) is 6.68. The van der Waals surface area contributed by atoms with Gasteiger partial charge in [0.1, 0.15) is 18.1 Å². The van der Waals surface area contributed by atoms with Crippen molar-refractivity contribution in [3.8, 4) is 11.5 Å². The fraction of sp³-hybridized carbons (Fsp3) is 0.286. The summed E-state index contributed by atoms with van der Waals surface area (Å²) in [6.45, 7) is -0.331. The minimum Gasteiger partial charge on any atom is -0.508 e. The third kappa shape index (κ3) is 7.75. The van der Waals surface area contributed by atoms with Crippen LogP contribution in [0.5, 0.6) is 11.5 Å². The predicted molar refractivity (Wildman–Crippen MR) is 78.8 cm³/mol. The molecule has 0 radical (unpaired) electrons. The van der Waals surface area contributed by atoms with Gasteiger partial charge < -0.3 is 24.5 Å². The van der Waals surface area contributed by atoms with Crippen LogP contribution in [0.15, 0.2) is 24.3 Å². The third-order valence-electron chi connectivity index (χ3n) is 2.50. The van der Waals surface area contributed by atoms with Crippen LogP contribution in [0.1, 0.15) is 12.0 Å². The fourth-order valence-corrected chi connectivity index (χ4v) is 1.52. The van der Waals surface area contributed by atoms with Gasteiger partial charge in [0, 0.05) is 11.6 Å². The van der Waals surface area contributed by atoms with Gasteiger partial charge in [0.2, 0.25) is 0 Å². The molecule has 0 bridgehead atoms. The van der Waals surface area contributed by atoms with Gasteiger partial charge in [0.25, 0.3) is 5.09 Å². The molecule has 0 saturated heterocycles. The fourth-order valence-electron chi connectivity index (χ4n) is 1.52. The summed E-state index contributed by atoms with van der Waals surface area (Å²) < 4.78 is 10.0. The van der Waals surface area contributed by atoms with E-state index in [1.54, 1.807) is 0 Å². The summed E-state index contributed by atoms with van der Waals surface area (Å²) >= 11 is 0. The number of esters is 1. The number of carbonyl (C=O) groups is 2. The van der Waals surface area contributed by atoms with Gasteiger partial charge in [0.15, 0.2) is 0 Å². The molecule has 130 valence electrons. The number of benzene rings is 1. The van der Waals surface area contributed by atoms with E-state index in [9.17, 15) is 24.8 Å². The molecule has 0 aliphatic heterocycles. The number of carbonyl (C=O) groups excluding carboxylic acids is 1. The predicted octanol–water partition coefficient (Wildman–Crippen LogP) is 1.01. The number of ether oxygens (including phenoxy) is 2. The molecule has 0 heterocycles. The van der Waals surface area contributed by atoms with E-state index in [1.165, 1.54) is 24.3 Å². The van der Waals surface area contributed by atoms with E-state index in [2.05, 4.69) is 4.84 Å². The van der Waals surface area contributed by atoms with Crippen LogP contribution in [0.25, 0.3) is 6.08 Å². The van der Waals surface area contributed by atoms with Gasteiger partial charge in [-0.2, -0.15) is 0 Å². The highest BCUT2D eigenvalue weighted by Crippen LogP contribution is 2.25. The summed E-state index contributed by atoms with van der Waals surface area (Å²) in [5, 5.41) is 26.9. The Morgan fingerprint density at radius 2 is 2.00 bits per heavy atom. The van der Waals surface area contributed by atoms with Gasteiger partial charge >= 0.3 is 11.9 Å². The van der Waals surface area contributed by atoms with Crippen molar-refractivity contribution < 1.29 is 39.2 Å². The smallest absolute Gasteiger partial charge is 0.328 e. The van der Waals surface area contributed by atoms with Crippen molar-refractivity contribution >= 4 is 18.0 Å². The van der Waals surface area contributed by atoms with Crippen molar-refractivity contribution in [2.75, 3.05) is 19.8 Å². The quantitative estimate of drug-likeness (QED) is 0.159. The van der Waals surface area contributed by atoms with Crippen LogP contribution < -0.4 is 4.74 Å². The molecule has 0 unspecified atom stereocenters. The largest absolute Gasteiger partial charge is 0.508 e. The maximum atomic E-state index is 11.7. The first-order valence-electron chi connectivity index (χ1n) is 6.68. The van der Waals surface area contributed by atoms with Crippen LogP contribution in [-0.4, -0.2) is 47.1 Å². The summed E-state index contributed by atoms with van der Waals surface area (Å²) in [5.74, 6) is -1.89. The van der Waals surface area contributed by atoms with Crippen molar-refractivity contribution in [2.24, 2.45) is 0 Å². The van der Waals surface area contributed by atoms with E-state index >= 15 is 0 Å². The van der Waals surface area contributed by atoms with Crippen molar-refractivity contribution in [1.29, 1.82) is 0 Å². The zero-order valence-corrected chi connectivity index (χ0v) is 12.4. The van der Waals surface area contributed by atoms with E-state index in [0.29, 0.717) is 0 Å². The molecule has 1 aromatic carbocycles. The Hall–Kier alpha value is -3.14. The van der Waals surface area contributed by atoms with Crippen molar-refractivity contribution in [3.63, 3.8) is 0 Å². The Bertz CT molecular complexity index is 627. The Labute approximate surface area is 136 Å². The number of phenolic OH excluding ortho intramolecular Hbond substituents is 1. The van der Waals surface area contributed by atoms with Crippen LogP contribution >= 0.6 is 0 Å². The van der Waals surface area contributed by atoms with E-state index < -0.39 is 17.0 Å². The molecule has 10 heteroatoms. The zero-order valence-electron chi connectivity index (χ0n) is 12.4. The summed E-state index contributed by atoms with van der Waals surface area (Å²) in [7, 11) is 0. The molecule has 2 N–H and O–H groups in total. The number of aliphatic carboxylic acids is 1. The highest BCUT2D eigenvalue weighted by atomic mass is 17.0. The van der Waals surface area contributed by atoms with Crippen molar-refractivity contribution in [3.05, 3.63) is 40.0 Å². The lowest BCUT2D eigenvalue weighted by molar-refractivity contribution is -0.758. The normalized spacial score (nSPS) is 10.5. The molecule has 0 aliphatic rings. The lowest BCUT2D eigenvalue weighted by Gasteiger charge is -2.08. The van der Waals surface area contributed by atoms with Crippen molar-refractivity contribution in [2.45, 2.75) is 6.42 Å². The summed E-state index contributed by atoms with van der Waals surface area (Å²) in [6.07, 6.45) is 1.89. The van der Waals surface area contributed by atoms with Crippen LogP contribution in [0.2, 0.25) is 0 Å². The molecule has 10 nitrogen and oxygen atoms in total. The highest BCUT2D eigenvalue weighted by molar-refractivity contribution is 5.86. The van der Waals surface area contributed by atoms with Gasteiger partial charge in [-0.25, -0.2) is 4.79 Å². The number of hydrogen-bond acceptors (Lipinski definition) is 8. The molecule has 0 spiro atoms. The molecule has 0 fully saturated rings. The second-order valence-electron chi connectivity index (χ2n) is 4.29. The van der Waals surface area contributed by atoms with Crippen molar-refractivity contribution in [1.82, 2.24) is 0 Å². The van der Waals surface area contributed by atoms with E-state index in [1.807, 2.05) is 0 Å². The molecule has 0 saturated carbocycles. The summed E-state index contributed by atoms with van der Waals surface area (Å²) in [5.41, 5.74) is 0.214. The van der Waals surface area contributed by atoms with Crippen LogP contribution in [0.4, 0.5) is 0 Å². The second-order valence-corrected chi connectivity index (χ2v) is 4.29. The highest BCUT2D eigenvalue weighted by Gasteiger charge is 2.09. The number of hydrogen-bond donors (Lipinski definition) is 2. The summed E-state index contributed by atoms with van der Waals surface area (Å²) in [6, 6.07) is 3.85. The number of phenols is 1. The zero-order chi connectivity index (χ0) is 17.9. The van der Waals surface area contributed by atoms with Gasteiger partial charge in [0.05, 0.1) is 19.6 Å². The molecule has 0 aromatic heterocycles. The van der Waals surface area contributed by atoms with Crippen LogP contribution in [0, 0.1) is 10.1 Å². The number of rotatable bonds is 10. The minimum absolute atomic E-state index is 0.0295. The van der Waals surface area contributed by atoms with E-state index in [-0.39, 0.29) is 43.3 Å². The first kappa shape index (κ1) is 18.9. The average Bonchev–Trinajstić information content (AvgIpc) is 2.50. The molecular formula is C14H15NO9. The van der Waals surface area contributed by atoms with Crippen LogP contribution in [0.3, 0.4) is 0 Å². The number of nitrogens with zero attached hydrogens (tertiary/aromatic N) is 1. The second kappa shape index (κ2) is 9.79. The van der Waals surface area contributed by atoms with E-state index in [4.69, 9.17) is 14.6 Å². The topological polar surface area (TPSA) is 145 Å². The van der Waals surface area contributed by atoms with Gasteiger partial charge in [-0.1, -0.05) is 0 Å². The van der Waals surface area contributed by atoms with Crippen LogP contribution in [-0.2, 0) is 19.2 Å². The third-order valence-corrected chi connectivity index (χ3v) is 2.50. The molecule has 1 rings (SSSR count). The Kier molecular flexibility index (Phi) is 7.71. The van der Waals surface area contributed by atoms with Gasteiger partial charge in [-0.15, -0.1) is 10.1 Å². The SMILES string of the molecule is O=C(O)C=Cc1cc(O)ccc1OC(=O)CCOCCO[N+](=O)[O-]. The molecule has 0 amide bonds. The first-order chi connectivity index (χ1) is 11.4. The molecule has 1 aromatic rings. The summed E-state index contributed by atoms with van der Waals surface area (Å²) in [4.78, 5) is 36.1. The maximum absolute atomic E-state index is 11.7. The lowest BCUT2D eigenvalue weighted by Crippen LogP contribution is -2.14. The average molecular weight is 341 g/mol. The molecule has 0 aliphatic carbocycles. The molecule has 24 heavy (non-hydrogen) atoms. The standard InChI is InChI=1S/C14H15NO9/c16-11-2-3-12(10(9-11)1-4-13(17)18)24-14(19)5-6-22-7-8-23-15(20)21/h1-4,9,16H,5-8H2,(H,17,18). The lowest BCUT2D eigenvalue weighted by atomic mass is 10.1. The number of aromatic hydroxyl groups is 1. The minimum atomic E-state index is -1.19. The number of carboxylic acids is 1. The van der Waals surface area contributed by atoms with Gasteiger partial charge in [-0.3, -0.25) is 4.79 Å². The van der Waals surface area contributed by atoms with E-state index in [0.717, 1.165) is 6.08 Å². The molecule has 0 atom stereocenters. The van der Waals surface area contributed by atoms with Gasteiger partial charge in [-0.05, 0) is 24.3 Å². The monoisotopic (exact) mass is 341 g/mol. The molecular weight excluding hydrogens is 326 g/mol. The maximum Gasteiger partial charge on any atom is 0.328 e. The Morgan fingerprint density at radius 3 is 2.67 bits per heavy atom. The Balaban J connectivity index is 2.49. The number of carboxylic acid groups (broad SMARTS) is 1. The Morgan fingerprint density at radius 1 is 1.25 bits per heavy atom.